The van der Waals surface area contributed by atoms with E-state index in [2.05, 4.69) is 28.7 Å². The summed E-state index contributed by atoms with van der Waals surface area (Å²) >= 11 is 0. The highest BCUT2D eigenvalue weighted by atomic mass is 32.2. The number of rotatable bonds is 9. The minimum atomic E-state index is -3.56. The molecule has 7 heteroatoms. The number of sulfonamides is 1. The van der Waals surface area contributed by atoms with E-state index >= 15 is 0 Å². The molecule has 0 fully saturated rings. The van der Waals surface area contributed by atoms with Crippen molar-refractivity contribution in [1.29, 1.82) is 0 Å². The Morgan fingerprint density at radius 1 is 1.17 bits per heavy atom. The molecule has 0 saturated heterocycles. The third-order valence-corrected chi connectivity index (χ3v) is 6.74. The maximum Gasteiger partial charge on any atom is 0.240 e. The van der Waals surface area contributed by atoms with Gasteiger partial charge in [0.2, 0.25) is 15.9 Å². The first-order valence-corrected chi connectivity index (χ1v) is 11.6. The molecule has 1 N–H and O–H groups in total. The van der Waals surface area contributed by atoms with Gasteiger partial charge < -0.3 is 4.90 Å². The molecule has 0 aliphatic carbocycles. The second-order valence-electron chi connectivity index (χ2n) is 7.32. The Bertz CT molecular complexity index is 945. The molecule has 3 rings (SSSR count). The van der Waals surface area contributed by atoms with E-state index in [0.717, 1.165) is 37.3 Å². The molecule has 1 aliphatic heterocycles. The van der Waals surface area contributed by atoms with E-state index in [0.29, 0.717) is 19.5 Å². The zero-order valence-corrected chi connectivity index (χ0v) is 17.9. The molecule has 0 bridgehead atoms. The van der Waals surface area contributed by atoms with E-state index < -0.39 is 10.0 Å². The topological polar surface area (TPSA) is 69.7 Å². The molecular weight excluding hydrogens is 386 g/mol. The zero-order valence-electron chi connectivity index (χ0n) is 17.1. The van der Waals surface area contributed by atoms with Gasteiger partial charge in [-0.1, -0.05) is 37.3 Å². The standard InChI is InChI=1S/C22H29N3O3S/c1-3-24(17-19-8-5-4-6-9-19)14-7-13-23-29(27,28)21-10-11-22-20(16-21)12-15-25(22)18(2)26/h4-6,8-11,16,23H,3,7,12-15,17H2,1-2H3. The third-order valence-electron chi connectivity index (χ3n) is 5.28. The van der Waals surface area contributed by atoms with Crippen molar-refractivity contribution in [1.82, 2.24) is 9.62 Å². The largest absolute Gasteiger partial charge is 0.312 e. The van der Waals surface area contributed by atoms with Crippen LogP contribution in [0.25, 0.3) is 0 Å². The van der Waals surface area contributed by atoms with Gasteiger partial charge in [-0.3, -0.25) is 9.69 Å². The van der Waals surface area contributed by atoms with Gasteiger partial charge in [0, 0.05) is 32.2 Å². The van der Waals surface area contributed by atoms with E-state index in [4.69, 9.17) is 0 Å². The summed E-state index contributed by atoms with van der Waals surface area (Å²) in [7, 11) is -3.56. The van der Waals surface area contributed by atoms with E-state index in [1.165, 1.54) is 12.5 Å². The Hall–Kier alpha value is -2.22. The molecule has 2 aromatic carbocycles. The van der Waals surface area contributed by atoms with Crippen molar-refractivity contribution >= 4 is 21.6 Å². The lowest BCUT2D eigenvalue weighted by atomic mass is 10.2. The number of hydrogen-bond donors (Lipinski definition) is 1. The molecule has 0 saturated carbocycles. The predicted molar refractivity (Wildman–Crippen MR) is 115 cm³/mol. The molecule has 0 radical (unpaired) electrons. The van der Waals surface area contributed by atoms with Gasteiger partial charge >= 0.3 is 0 Å². The van der Waals surface area contributed by atoms with Crippen molar-refractivity contribution in [2.75, 3.05) is 31.1 Å². The Balaban J connectivity index is 1.53. The van der Waals surface area contributed by atoms with Crippen molar-refractivity contribution in [3.63, 3.8) is 0 Å². The van der Waals surface area contributed by atoms with Crippen LogP contribution >= 0.6 is 0 Å². The summed E-state index contributed by atoms with van der Waals surface area (Å²) in [5, 5.41) is 0. The summed E-state index contributed by atoms with van der Waals surface area (Å²) in [6, 6.07) is 15.3. The van der Waals surface area contributed by atoms with Gasteiger partial charge in [0.25, 0.3) is 0 Å². The average Bonchev–Trinajstić information content (AvgIpc) is 3.14. The fraction of sp³-hybridized carbons (Fsp3) is 0.409. The Morgan fingerprint density at radius 2 is 1.93 bits per heavy atom. The molecule has 0 atom stereocenters. The maximum atomic E-state index is 12.6. The van der Waals surface area contributed by atoms with Crippen LogP contribution in [0.3, 0.4) is 0 Å². The Morgan fingerprint density at radius 3 is 2.62 bits per heavy atom. The molecule has 29 heavy (non-hydrogen) atoms. The van der Waals surface area contributed by atoms with Crippen LogP contribution in [-0.4, -0.2) is 45.4 Å². The molecule has 0 aromatic heterocycles. The Kier molecular flexibility index (Phi) is 7.05. The number of nitrogens with zero attached hydrogens (tertiary/aromatic N) is 2. The predicted octanol–water partition coefficient (Wildman–Crippen LogP) is 2.79. The molecule has 1 aliphatic rings. The van der Waals surface area contributed by atoms with Crippen LogP contribution in [0, 0.1) is 0 Å². The van der Waals surface area contributed by atoms with Crippen molar-refractivity contribution in [2.24, 2.45) is 0 Å². The minimum Gasteiger partial charge on any atom is -0.312 e. The van der Waals surface area contributed by atoms with E-state index in [-0.39, 0.29) is 10.8 Å². The first kappa shape index (κ1) is 21.5. The van der Waals surface area contributed by atoms with Gasteiger partial charge in [0.15, 0.2) is 0 Å². The summed E-state index contributed by atoms with van der Waals surface area (Å²) in [5.41, 5.74) is 2.98. The molecule has 2 aromatic rings. The second kappa shape index (κ2) is 9.52. The van der Waals surface area contributed by atoms with Gasteiger partial charge in [-0.15, -0.1) is 0 Å². The fourth-order valence-corrected chi connectivity index (χ4v) is 4.78. The van der Waals surface area contributed by atoms with E-state index in [1.807, 2.05) is 18.2 Å². The highest BCUT2D eigenvalue weighted by Gasteiger charge is 2.24. The minimum absolute atomic E-state index is 0.0199. The number of carbonyl (C=O) groups is 1. The van der Waals surface area contributed by atoms with Crippen LogP contribution in [0.4, 0.5) is 5.69 Å². The normalized spacial score (nSPS) is 13.7. The van der Waals surface area contributed by atoms with Crippen molar-refractivity contribution in [2.45, 2.75) is 38.1 Å². The highest BCUT2D eigenvalue weighted by molar-refractivity contribution is 7.89. The first-order chi connectivity index (χ1) is 13.9. The lowest BCUT2D eigenvalue weighted by Gasteiger charge is -2.20. The number of amides is 1. The smallest absolute Gasteiger partial charge is 0.240 e. The number of anilines is 1. The molecule has 1 amide bonds. The van der Waals surface area contributed by atoms with Gasteiger partial charge in [-0.05, 0) is 55.3 Å². The zero-order chi connectivity index (χ0) is 20.9. The van der Waals surface area contributed by atoms with Crippen LogP contribution in [0.15, 0.2) is 53.4 Å². The van der Waals surface area contributed by atoms with Gasteiger partial charge in [0.1, 0.15) is 0 Å². The molecule has 0 unspecified atom stereocenters. The number of benzene rings is 2. The van der Waals surface area contributed by atoms with Gasteiger partial charge in [0.05, 0.1) is 4.90 Å². The summed E-state index contributed by atoms with van der Waals surface area (Å²) in [6.07, 6.45) is 1.42. The lowest BCUT2D eigenvalue weighted by Crippen LogP contribution is -2.30. The van der Waals surface area contributed by atoms with Crippen molar-refractivity contribution in [3.8, 4) is 0 Å². The van der Waals surface area contributed by atoms with Crippen molar-refractivity contribution in [3.05, 3.63) is 59.7 Å². The van der Waals surface area contributed by atoms with Crippen molar-refractivity contribution < 1.29 is 13.2 Å². The van der Waals surface area contributed by atoms with Gasteiger partial charge in [-0.25, -0.2) is 13.1 Å². The second-order valence-corrected chi connectivity index (χ2v) is 9.08. The number of nitrogens with one attached hydrogen (secondary N) is 1. The Labute approximate surface area is 173 Å². The van der Waals surface area contributed by atoms with Crippen LogP contribution in [0.2, 0.25) is 0 Å². The average molecular weight is 416 g/mol. The molecule has 0 spiro atoms. The molecular formula is C22H29N3O3S. The third kappa shape index (κ3) is 5.44. The SMILES string of the molecule is CCN(CCCNS(=O)(=O)c1ccc2c(c1)CCN2C(C)=O)Cc1ccccc1. The number of fused-ring (bicyclic) bond motifs is 1. The van der Waals surface area contributed by atoms with Crippen LogP contribution in [-0.2, 0) is 27.8 Å². The summed E-state index contributed by atoms with van der Waals surface area (Å²) in [6.45, 7) is 7.24. The molecule has 1 heterocycles. The van der Waals surface area contributed by atoms with Crippen LogP contribution < -0.4 is 9.62 Å². The summed E-state index contributed by atoms with van der Waals surface area (Å²) in [5.74, 6) is -0.0199. The monoisotopic (exact) mass is 415 g/mol. The lowest BCUT2D eigenvalue weighted by molar-refractivity contribution is -0.116. The molecule has 156 valence electrons. The summed E-state index contributed by atoms with van der Waals surface area (Å²) in [4.78, 5) is 15.9. The quantitative estimate of drug-likeness (QED) is 0.640. The number of hydrogen-bond acceptors (Lipinski definition) is 4. The molecule has 6 nitrogen and oxygen atoms in total. The first-order valence-electron chi connectivity index (χ1n) is 10.1. The fourth-order valence-electron chi connectivity index (χ4n) is 3.66. The van der Waals surface area contributed by atoms with E-state index in [1.54, 1.807) is 23.1 Å². The van der Waals surface area contributed by atoms with Crippen LogP contribution in [0.1, 0.15) is 31.4 Å². The highest BCUT2D eigenvalue weighted by Crippen LogP contribution is 2.30. The number of carbonyl (C=O) groups excluding carboxylic acids is 1. The maximum absolute atomic E-state index is 12.6. The van der Waals surface area contributed by atoms with Crippen LogP contribution in [0.5, 0.6) is 0 Å². The van der Waals surface area contributed by atoms with Gasteiger partial charge in [-0.2, -0.15) is 0 Å². The summed E-state index contributed by atoms with van der Waals surface area (Å²) < 4.78 is 28.0. The van der Waals surface area contributed by atoms with E-state index in [9.17, 15) is 13.2 Å².